The molecular formula is C32H39N3O5. The van der Waals surface area contributed by atoms with Crippen molar-refractivity contribution in [2.45, 2.75) is 70.4 Å². The van der Waals surface area contributed by atoms with Gasteiger partial charge in [0.2, 0.25) is 5.91 Å². The van der Waals surface area contributed by atoms with E-state index in [1.165, 1.54) is 0 Å². The van der Waals surface area contributed by atoms with E-state index in [1.807, 2.05) is 81.4 Å². The van der Waals surface area contributed by atoms with Crippen LogP contribution in [0.2, 0.25) is 0 Å². The lowest BCUT2D eigenvalue weighted by Crippen LogP contribution is -2.52. The first kappa shape index (κ1) is 30.5. The molecule has 0 radical (unpaired) electrons. The third kappa shape index (κ3) is 9.94. The number of hydrogen-bond acceptors (Lipinski definition) is 6. The van der Waals surface area contributed by atoms with Gasteiger partial charge >= 0.3 is 5.97 Å². The molecule has 5 N–H and O–H groups in total. The van der Waals surface area contributed by atoms with Crippen molar-refractivity contribution in [2.75, 3.05) is 0 Å². The molecule has 8 nitrogen and oxygen atoms in total. The van der Waals surface area contributed by atoms with Gasteiger partial charge in [-0.05, 0) is 49.9 Å². The number of amides is 2. The number of rotatable bonds is 12. The number of benzene rings is 3. The zero-order chi connectivity index (χ0) is 29.1. The number of aliphatic hydroxyl groups is 1. The second kappa shape index (κ2) is 14.4. The fourth-order valence-electron chi connectivity index (χ4n) is 4.21. The summed E-state index contributed by atoms with van der Waals surface area (Å²) in [5, 5.41) is 17.1. The number of nitrogens with two attached hydrogens (primary N) is 1. The first-order chi connectivity index (χ1) is 19.0. The Morgan fingerprint density at radius 2 is 1.43 bits per heavy atom. The molecule has 3 rings (SSSR count). The van der Waals surface area contributed by atoms with Crippen LogP contribution < -0.4 is 16.4 Å². The summed E-state index contributed by atoms with van der Waals surface area (Å²) in [6.07, 6.45) is -0.886. The second-order valence-electron chi connectivity index (χ2n) is 10.9. The molecule has 3 atom stereocenters. The molecule has 0 aliphatic heterocycles. The van der Waals surface area contributed by atoms with E-state index < -0.39 is 35.6 Å². The van der Waals surface area contributed by atoms with Gasteiger partial charge in [0.25, 0.3) is 5.91 Å². The smallest absolute Gasteiger partial charge is 0.308 e. The zero-order valence-electron chi connectivity index (χ0n) is 23.3. The summed E-state index contributed by atoms with van der Waals surface area (Å²) < 4.78 is 5.26. The minimum Gasteiger partial charge on any atom is -0.461 e. The maximum Gasteiger partial charge on any atom is 0.308 e. The summed E-state index contributed by atoms with van der Waals surface area (Å²) in [5.74, 6) is -1.41. The Morgan fingerprint density at radius 3 is 2.05 bits per heavy atom. The van der Waals surface area contributed by atoms with Crippen LogP contribution in [0.15, 0.2) is 84.9 Å². The Labute approximate surface area is 235 Å². The lowest BCUT2D eigenvalue weighted by atomic mass is 9.93. The van der Waals surface area contributed by atoms with Crippen molar-refractivity contribution in [3.05, 3.63) is 107 Å². The zero-order valence-corrected chi connectivity index (χ0v) is 23.3. The van der Waals surface area contributed by atoms with E-state index >= 15 is 0 Å². The minimum atomic E-state index is -1.15. The van der Waals surface area contributed by atoms with Crippen molar-refractivity contribution in [1.29, 1.82) is 0 Å². The Morgan fingerprint density at radius 1 is 0.850 bits per heavy atom. The first-order valence-electron chi connectivity index (χ1n) is 13.4. The van der Waals surface area contributed by atoms with Gasteiger partial charge in [0, 0.05) is 17.5 Å². The predicted molar refractivity (Wildman–Crippen MR) is 154 cm³/mol. The third-order valence-electron chi connectivity index (χ3n) is 6.24. The van der Waals surface area contributed by atoms with Crippen LogP contribution in [-0.2, 0) is 33.8 Å². The Hall–Kier alpha value is -4.01. The molecule has 0 unspecified atom stereocenters. The summed E-state index contributed by atoms with van der Waals surface area (Å²) >= 11 is 0. The van der Waals surface area contributed by atoms with E-state index in [-0.39, 0.29) is 25.4 Å². The fraction of sp³-hybridized carbons (Fsp3) is 0.344. The van der Waals surface area contributed by atoms with Crippen LogP contribution in [-0.4, -0.2) is 46.6 Å². The molecule has 0 aliphatic carbocycles. The number of carbonyl (C=O) groups excluding carboxylic acids is 3. The molecule has 0 fully saturated rings. The summed E-state index contributed by atoms with van der Waals surface area (Å²) in [5.41, 5.74) is 8.47. The first-order valence-corrected chi connectivity index (χ1v) is 13.4. The van der Waals surface area contributed by atoms with Gasteiger partial charge in [-0.2, -0.15) is 0 Å². The quantitative estimate of drug-likeness (QED) is 0.258. The Kier molecular flexibility index (Phi) is 11.0. The average molecular weight is 546 g/mol. The molecule has 0 heterocycles. The van der Waals surface area contributed by atoms with E-state index in [0.29, 0.717) is 17.5 Å². The van der Waals surface area contributed by atoms with Crippen molar-refractivity contribution in [2.24, 2.45) is 5.73 Å². The third-order valence-corrected chi connectivity index (χ3v) is 6.24. The maximum atomic E-state index is 13.0. The molecule has 0 saturated heterocycles. The van der Waals surface area contributed by atoms with Crippen molar-refractivity contribution in [1.82, 2.24) is 10.6 Å². The van der Waals surface area contributed by atoms with Crippen molar-refractivity contribution in [3.8, 4) is 0 Å². The van der Waals surface area contributed by atoms with Crippen LogP contribution in [0, 0.1) is 0 Å². The van der Waals surface area contributed by atoms with Crippen LogP contribution >= 0.6 is 0 Å². The van der Waals surface area contributed by atoms with Gasteiger partial charge < -0.3 is 26.2 Å². The number of ether oxygens (including phenoxy) is 1. The van der Waals surface area contributed by atoms with Crippen LogP contribution in [0.3, 0.4) is 0 Å². The number of hydrogen-bond donors (Lipinski definition) is 4. The summed E-state index contributed by atoms with van der Waals surface area (Å²) in [6, 6.07) is 23.9. The van der Waals surface area contributed by atoms with Gasteiger partial charge in [0.1, 0.15) is 6.61 Å². The molecule has 40 heavy (non-hydrogen) atoms. The van der Waals surface area contributed by atoms with E-state index in [9.17, 15) is 19.5 Å². The fourth-order valence-corrected chi connectivity index (χ4v) is 4.21. The predicted octanol–water partition coefficient (Wildman–Crippen LogP) is 3.31. The van der Waals surface area contributed by atoms with E-state index in [4.69, 9.17) is 10.5 Å². The Bertz CT molecular complexity index is 1260. The average Bonchev–Trinajstić information content (AvgIpc) is 2.92. The lowest BCUT2D eigenvalue weighted by molar-refractivity contribution is -0.146. The SMILES string of the molecule is CC(C)(C)NC(=O)c1ccccc1C[C@@H](O)[C@H](Cc1ccccc1)NC(=O)[C@@H](N)CC(=O)OCc1ccccc1. The van der Waals surface area contributed by atoms with Crippen molar-refractivity contribution >= 4 is 17.8 Å². The highest BCUT2D eigenvalue weighted by molar-refractivity contribution is 5.96. The van der Waals surface area contributed by atoms with Gasteiger partial charge in [-0.25, -0.2) is 0 Å². The molecule has 0 aromatic heterocycles. The van der Waals surface area contributed by atoms with E-state index in [0.717, 1.165) is 11.1 Å². The summed E-state index contributed by atoms with van der Waals surface area (Å²) in [6.45, 7) is 5.78. The largest absolute Gasteiger partial charge is 0.461 e. The van der Waals surface area contributed by atoms with Crippen LogP contribution in [0.4, 0.5) is 0 Å². The molecule has 0 spiro atoms. The van der Waals surface area contributed by atoms with E-state index in [1.54, 1.807) is 24.3 Å². The number of aliphatic hydroxyl groups excluding tert-OH is 1. The lowest BCUT2D eigenvalue weighted by Gasteiger charge is -2.27. The van der Waals surface area contributed by atoms with Gasteiger partial charge in [-0.3, -0.25) is 14.4 Å². The molecule has 8 heteroatoms. The molecule has 3 aromatic rings. The highest BCUT2D eigenvalue weighted by atomic mass is 16.5. The summed E-state index contributed by atoms with van der Waals surface area (Å²) in [7, 11) is 0. The highest BCUT2D eigenvalue weighted by Gasteiger charge is 2.28. The molecule has 0 saturated carbocycles. The number of nitrogens with one attached hydrogen (secondary N) is 2. The van der Waals surface area contributed by atoms with Gasteiger partial charge in [-0.15, -0.1) is 0 Å². The highest BCUT2D eigenvalue weighted by Crippen LogP contribution is 2.17. The van der Waals surface area contributed by atoms with Crippen molar-refractivity contribution < 1.29 is 24.2 Å². The van der Waals surface area contributed by atoms with Crippen molar-refractivity contribution in [3.63, 3.8) is 0 Å². The van der Waals surface area contributed by atoms with Gasteiger partial charge in [0.05, 0.1) is 24.6 Å². The minimum absolute atomic E-state index is 0.0888. The molecule has 2 amide bonds. The van der Waals surface area contributed by atoms with E-state index in [2.05, 4.69) is 10.6 Å². The molecule has 212 valence electrons. The molecule has 0 bridgehead atoms. The molecular weight excluding hydrogens is 506 g/mol. The molecule has 3 aromatic carbocycles. The summed E-state index contributed by atoms with van der Waals surface area (Å²) in [4.78, 5) is 38.3. The normalized spacial score (nSPS) is 13.5. The molecule has 0 aliphatic rings. The topological polar surface area (TPSA) is 131 Å². The number of carbonyl (C=O) groups is 3. The standard InChI is InChI=1S/C32H39N3O5/c1-32(2,3)35-30(38)25-17-11-10-16-24(25)19-28(36)27(18-22-12-6-4-7-13-22)34-31(39)26(33)20-29(37)40-21-23-14-8-5-9-15-23/h4-17,26-28,36H,18-21,33H2,1-3H3,(H,34,39)(H,35,38)/t26-,27-,28+/m0/s1. The number of esters is 1. The maximum absolute atomic E-state index is 13.0. The second-order valence-corrected chi connectivity index (χ2v) is 10.9. The monoisotopic (exact) mass is 545 g/mol. The van der Waals surface area contributed by atoms with Gasteiger partial charge in [0.15, 0.2) is 0 Å². The Balaban J connectivity index is 1.69. The van der Waals surface area contributed by atoms with Crippen LogP contribution in [0.25, 0.3) is 0 Å². The van der Waals surface area contributed by atoms with Crippen LogP contribution in [0.5, 0.6) is 0 Å². The van der Waals surface area contributed by atoms with Gasteiger partial charge in [-0.1, -0.05) is 78.9 Å². The van der Waals surface area contributed by atoms with Crippen LogP contribution in [0.1, 0.15) is 54.2 Å².